The highest BCUT2D eigenvalue weighted by Crippen LogP contribution is 2.23. The molecule has 7 heteroatoms. The highest BCUT2D eigenvalue weighted by molar-refractivity contribution is 6.30. The van der Waals surface area contributed by atoms with Crippen LogP contribution in [0.4, 0.5) is 11.6 Å². The summed E-state index contributed by atoms with van der Waals surface area (Å²) in [5, 5.41) is 11.8. The molecule has 6 nitrogen and oxygen atoms in total. The van der Waals surface area contributed by atoms with Crippen molar-refractivity contribution in [3.8, 4) is 11.3 Å². The zero-order valence-electron chi connectivity index (χ0n) is 17.3. The summed E-state index contributed by atoms with van der Waals surface area (Å²) in [5.74, 6) is 0.647. The molecule has 0 fully saturated rings. The van der Waals surface area contributed by atoms with Crippen molar-refractivity contribution < 1.29 is 4.79 Å². The molecule has 0 amide bonds. The molecule has 0 saturated carbocycles. The van der Waals surface area contributed by atoms with Crippen LogP contribution in [0, 0.1) is 0 Å². The third-order valence-corrected chi connectivity index (χ3v) is 5.22. The van der Waals surface area contributed by atoms with Crippen LogP contribution in [0.5, 0.6) is 0 Å². The number of rotatable bonds is 9. The van der Waals surface area contributed by atoms with Gasteiger partial charge in [0, 0.05) is 28.3 Å². The van der Waals surface area contributed by atoms with Crippen molar-refractivity contribution in [1.82, 2.24) is 19.9 Å². The van der Waals surface area contributed by atoms with Gasteiger partial charge in [0.2, 0.25) is 5.95 Å². The van der Waals surface area contributed by atoms with Crippen LogP contribution >= 0.6 is 11.6 Å². The number of halogens is 1. The zero-order chi connectivity index (χ0) is 21.6. The number of carbonyl (C=O) groups is 1. The molecule has 4 aromatic rings. The van der Waals surface area contributed by atoms with Gasteiger partial charge in [-0.05, 0) is 68.0 Å². The molecule has 0 aliphatic rings. The van der Waals surface area contributed by atoms with Crippen molar-refractivity contribution in [3.05, 3.63) is 77.3 Å². The first-order chi connectivity index (χ1) is 15.1. The molecule has 2 aromatic carbocycles. The predicted molar refractivity (Wildman–Crippen MR) is 125 cm³/mol. The molecule has 2 heterocycles. The summed E-state index contributed by atoms with van der Waals surface area (Å²) in [6.45, 7) is 3.84. The molecule has 0 aliphatic carbocycles. The van der Waals surface area contributed by atoms with Crippen molar-refractivity contribution >= 4 is 34.7 Å². The van der Waals surface area contributed by atoms with E-state index in [1.54, 1.807) is 4.52 Å². The van der Waals surface area contributed by atoms with Crippen molar-refractivity contribution in [3.63, 3.8) is 0 Å². The second-order valence-electron chi connectivity index (χ2n) is 7.21. The lowest BCUT2D eigenvalue weighted by Crippen LogP contribution is -2.15. The normalized spacial score (nSPS) is 11.0. The fourth-order valence-corrected chi connectivity index (χ4v) is 3.49. The van der Waals surface area contributed by atoms with Gasteiger partial charge in [0.05, 0.1) is 5.69 Å². The number of nitrogens with zero attached hydrogens (tertiary/aromatic N) is 3. The molecular formula is C24H24ClN5O. The molecule has 0 radical (unpaired) electrons. The molecule has 158 valence electrons. The largest absolute Gasteiger partial charge is 0.323 e. The van der Waals surface area contributed by atoms with E-state index in [0.717, 1.165) is 47.7 Å². The van der Waals surface area contributed by atoms with E-state index < -0.39 is 0 Å². The van der Waals surface area contributed by atoms with Crippen LogP contribution in [0.15, 0.2) is 66.7 Å². The fraction of sp³-hybridized carbons (Fsp3) is 0.208. The Morgan fingerprint density at radius 2 is 1.81 bits per heavy atom. The number of benzene rings is 2. The minimum Gasteiger partial charge on any atom is -0.323 e. The highest BCUT2D eigenvalue weighted by atomic mass is 35.5. The van der Waals surface area contributed by atoms with Crippen LogP contribution < -0.4 is 10.6 Å². The molecule has 0 spiro atoms. The Bertz CT molecular complexity index is 1170. The second kappa shape index (κ2) is 9.73. The lowest BCUT2D eigenvalue weighted by molar-refractivity contribution is 0.0980. The Morgan fingerprint density at radius 1 is 1.03 bits per heavy atom. The van der Waals surface area contributed by atoms with Crippen LogP contribution in [0.3, 0.4) is 0 Å². The third-order valence-electron chi connectivity index (χ3n) is 4.97. The topological polar surface area (TPSA) is 71.3 Å². The van der Waals surface area contributed by atoms with Crippen molar-refractivity contribution in [1.29, 1.82) is 0 Å². The lowest BCUT2D eigenvalue weighted by Gasteiger charge is -2.05. The minimum absolute atomic E-state index is 0.155. The molecule has 4 rings (SSSR count). The molecule has 0 atom stereocenters. The van der Waals surface area contributed by atoms with Crippen molar-refractivity contribution in [2.75, 3.05) is 18.4 Å². The van der Waals surface area contributed by atoms with E-state index in [9.17, 15) is 4.79 Å². The van der Waals surface area contributed by atoms with Crippen molar-refractivity contribution in [2.24, 2.45) is 0 Å². The van der Waals surface area contributed by atoms with Gasteiger partial charge in [-0.1, -0.05) is 36.7 Å². The van der Waals surface area contributed by atoms with E-state index in [0.29, 0.717) is 17.4 Å². The number of pyridine rings is 1. The number of ketones is 1. The van der Waals surface area contributed by atoms with Crippen LogP contribution in [-0.2, 0) is 0 Å². The van der Waals surface area contributed by atoms with Crippen LogP contribution in [0.25, 0.3) is 16.9 Å². The van der Waals surface area contributed by atoms with Crippen LogP contribution in [-0.4, -0.2) is 33.5 Å². The summed E-state index contributed by atoms with van der Waals surface area (Å²) in [6, 6.07) is 20.9. The molecule has 2 N–H and O–H groups in total. The molecule has 31 heavy (non-hydrogen) atoms. The zero-order valence-corrected chi connectivity index (χ0v) is 18.1. The van der Waals surface area contributed by atoms with E-state index >= 15 is 0 Å². The summed E-state index contributed by atoms with van der Waals surface area (Å²) in [6.07, 6.45) is 1.38. The Labute approximate surface area is 186 Å². The molecule has 0 unspecified atom stereocenters. The number of aromatic nitrogens is 3. The number of Topliss-reactive ketones (excluding diaryl/α,β-unsaturated/α-hetero) is 1. The molecule has 0 bridgehead atoms. The predicted octanol–water partition coefficient (Wildman–Crippen LogP) is 5.37. The van der Waals surface area contributed by atoms with Crippen LogP contribution in [0.1, 0.15) is 30.1 Å². The average molecular weight is 434 g/mol. The second-order valence-corrected chi connectivity index (χ2v) is 7.64. The Morgan fingerprint density at radius 3 is 2.55 bits per heavy atom. The van der Waals surface area contributed by atoms with E-state index in [1.165, 1.54) is 0 Å². The summed E-state index contributed by atoms with van der Waals surface area (Å²) >= 11 is 6.01. The first kappa shape index (κ1) is 21.0. The number of anilines is 2. The van der Waals surface area contributed by atoms with Gasteiger partial charge < -0.3 is 10.6 Å². The Hall–Kier alpha value is -3.22. The Balaban J connectivity index is 1.48. The number of hydrogen-bond donors (Lipinski definition) is 2. The highest BCUT2D eigenvalue weighted by Gasteiger charge is 2.10. The lowest BCUT2D eigenvalue weighted by atomic mass is 10.1. The van der Waals surface area contributed by atoms with Gasteiger partial charge >= 0.3 is 0 Å². The SMILES string of the molecule is CCNCCCC(=O)c1ccc(Nc2nc3cccc(-c4ccc(Cl)cc4)n3n2)cc1. The Kier molecular flexibility index (Phi) is 6.60. The number of fused-ring (bicyclic) bond motifs is 1. The molecular weight excluding hydrogens is 410 g/mol. The number of hydrogen-bond acceptors (Lipinski definition) is 5. The summed E-state index contributed by atoms with van der Waals surface area (Å²) in [7, 11) is 0. The van der Waals surface area contributed by atoms with Gasteiger partial charge in [0.1, 0.15) is 0 Å². The van der Waals surface area contributed by atoms with Gasteiger partial charge in [-0.3, -0.25) is 4.79 Å². The van der Waals surface area contributed by atoms with Gasteiger partial charge in [0.25, 0.3) is 0 Å². The number of carbonyl (C=O) groups excluding carboxylic acids is 1. The average Bonchev–Trinajstić information content (AvgIpc) is 3.20. The molecule has 0 aliphatic heterocycles. The van der Waals surface area contributed by atoms with E-state index in [-0.39, 0.29) is 5.78 Å². The first-order valence-corrected chi connectivity index (χ1v) is 10.7. The van der Waals surface area contributed by atoms with Gasteiger partial charge in [-0.25, -0.2) is 4.52 Å². The minimum atomic E-state index is 0.155. The van der Waals surface area contributed by atoms with Crippen LogP contribution in [0.2, 0.25) is 5.02 Å². The van der Waals surface area contributed by atoms with Gasteiger partial charge in [0.15, 0.2) is 11.4 Å². The maximum Gasteiger partial charge on any atom is 0.247 e. The first-order valence-electron chi connectivity index (χ1n) is 10.4. The summed E-state index contributed by atoms with van der Waals surface area (Å²) < 4.78 is 1.80. The third kappa shape index (κ3) is 5.10. The maximum absolute atomic E-state index is 12.3. The maximum atomic E-state index is 12.3. The van der Waals surface area contributed by atoms with E-state index in [2.05, 4.69) is 27.6 Å². The smallest absolute Gasteiger partial charge is 0.247 e. The fourth-order valence-electron chi connectivity index (χ4n) is 3.36. The summed E-state index contributed by atoms with van der Waals surface area (Å²) in [4.78, 5) is 16.9. The number of nitrogens with one attached hydrogen (secondary N) is 2. The standard InChI is InChI=1S/C24H24ClN5O/c1-2-26-16-4-6-22(31)18-10-14-20(15-11-18)27-24-28-23-7-3-5-21(30(23)29-24)17-8-12-19(25)13-9-17/h3,5,7-15,26H,2,4,6,16H2,1H3,(H,27,29). The van der Waals surface area contributed by atoms with E-state index in [1.807, 2.05) is 66.7 Å². The molecule has 0 saturated heterocycles. The monoisotopic (exact) mass is 433 g/mol. The summed E-state index contributed by atoms with van der Waals surface area (Å²) in [5.41, 5.74) is 4.21. The van der Waals surface area contributed by atoms with E-state index in [4.69, 9.17) is 11.6 Å². The van der Waals surface area contributed by atoms with Gasteiger partial charge in [-0.2, -0.15) is 4.98 Å². The van der Waals surface area contributed by atoms with Crippen molar-refractivity contribution in [2.45, 2.75) is 19.8 Å². The molecule has 2 aromatic heterocycles. The quantitative estimate of drug-likeness (QED) is 0.274. The van der Waals surface area contributed by atoms with Gasteiger partial charge in [-0.15, -0.1) is 5.10 Å².